The summed E-state index contributed by atoms with van der Waals surface area (Å²) >= 11 is 7.86. The summed E-state index contributed by atoms with van der Waals surface area (Å²) in [5.74, 6) is -0.0399. The van der Waals surface area contributed by atoms with Crippen LogP contribution >= 0.6 is 23.4 Å². The van der Waals surface area contributed by atoms with E-state index in [1.54, 1.807) is 18.1 Å². The second kappa shape index (κ2) is 12.5. The molecular formula is C29H31ClN2O4S. The van der Waals surface area contributed by atoms with Crippen LogP contribution in [0.2, 0.25) is 5.02 Å². The number of amides is 1. The zero-order valence-electron chi connectivity index (χ0n) is 21.2. The number of halogens is 1. The van der Waals surface area contributed by atoms with Crippen LogP contribution in [-0.4, -0.2) is 49.6 Å². The first kappa shape index (κ1) is 27.0. The van der Waals surface area contributed by atoms with E-state index in [1.165, 1.54) is 24.2 Å². The second-order valence-corrected chi connectivity index (χ2v) is 10.4. The minimum atomic E-state index is -0.994. The van der Waals surface area contributed by atoms with E-state index in [-0.39, 0.29) is 5.91 Å². The maximum absolute atomic E-state index is 14.1. The molecule has 1 aliphatic rings. The molecule has 3 aromatic rings. The van der Waals surface area contributed by atoms with Crippen LogP contribution in [0.4, 0.5) is 5.69 Å². The largest absolute Gasteiger partial charge is 0.497 e. The van der Waals surface area contributed by atoms with Gasteiger partial charge in [-0.15, -0.1) is 11.8 Å². The van der Waals surface area contributed by atoms with E-state index in [1.807, 2.05) is 54.6 Å². The van der Waals surface area contributed by atoms with Crippen LogP contribution in [0.5, 0.6) is 5.75 Å². The lowest BCUT2D eigenvalue weighted by molar-refractivity contribution is -0.152. The summed E-state index contributed by atoms with van der Waals surface area (Å²) in [7, 11) is 1.61. The predicted octanol–water partition coefficient (Wildman–Crippen LogP) is 5.98. The van der Waals surface area contributed by atoms with E-state index >= 15 is 0 Å². The Labute approximate surface area is 227 Å². The molecule has 0 bridgehead atoms. The maximum Gasteiger partial charge on any atom is 0.303 e. The van der Waals surface area contributed by atoms with E-state index in [2.05, 4.69) is 24.0 Å². The quantitative estimate of drug-likeness (QED) is 0.312. The average Bonchev–Trinajstić information content (AvgIpc) is 3.01. The molecular weight excluding hydrogens is 508 g/mol. The Morgan fingerprint density at radius 1 is 1.08 bits per heavy atom. The summed E-state index contributed by atoms with van der Waals surface area (Å²) < 4.78 is 11.0. The van der Waals surface area contributed by atoms with Crippen molar-refractivity contribution in [2.24, 2.45) is 0 Å². The molecule has 0 aliphatic carbocycles. The molecule has 0 aromatic heterocycles. The van der Waals surface area contributed by atoms with Crippen molar-refractivity contribution in [2.45, 2.75) is 36.6 Å². The van der Waals surface area contributed by atoms with Gasteiger partial charge in [-0.1, -0.05) is 61.0 Å². The molecule has 2 unspecified atom stereocenters. The molecule has 0 fully saturated rings. The van der Waals surface area contributed by atoms with Gasteiger partial charge in [-0.2, -0.15) is 0 Å². The van der Waals surface area contributed by atoms with Gasteiger partial charge in [0, 0.05) is 36.5 Å². The number of benzene rings is 3. The molecule has 8 heteroatoms. The van der Waals surface area contributed by atoms with Crippen molar-refractivity contribution in [2.75, 3.05) is 31.6 Å². The highest BCUT2D eigenvalue weighted by molar-refractivity contribution is 7.99. The van der Waals surface area contributed by atoms with Gasteiger partial charge in [0.15, 0.2) is 6.10 Å². The van der Waals surface area contributed by atoms with Crippen molar-refractivity contribution in [3.63, 3.8) is 0 Å². The number of carbonyl (C=O) groups excluding carboxylic acids is 2. The molecule has 6 nitrogen and oxygen atoms in total. The smallest absolute Gasteiger partial charge is 0.303 e. The zero-order chi connectivity index (χ0) is 26.4. The lowest BCUT2D eigenvalue weighted by Crippen LogP contribution is -2.45. The number of hydrogen-bond donors (Lipinski definition) is 0. The first-order valence-corrected chi connectivity index (χ1v) is 13.5. The van der Waals surface area contributed by atoms with E-state index < -0.39 is 17.3 Å². The SMILES string of the molecule is CCN(CCN1C(=O)C(OC(C)=O)C(c2ccc(OC)cc2)Sc2cc(Cl)ccc21)Cc1ccccc1. The Kier molecular flexibility index (Phi) is 9.14. The summed E-state index contributed by atoms with van der Waals surface area (Å²) in [4.78, 5) is 31.1. The Bertz CT molecular complexity index is 1220. The normalized spacial score (nSPS) is 17.3. The number of fused-ring (bicyclic) bond motifs is 1. The van der Waals surface area contributed by atoms with Crippen LogP contribution in [0.1, 0.15) is 30.2 Å². The highest BCUT2D eigenvalue weighted by Crippen LogP contribution is 2.47. The van der Waals surface area contributed by atoms with Crippen molar-refractivity contribution in [3.05, 3.63) is 88.9 Å². The predicted molar refractivity (Wildman–Crippen MR) is 148 cm³/mol. The average molecular weight is 539 g/mol. The highest BCUT2D eigenvalue weighted by Gasteiger charge is 2.41. The van der Waals surface area contributed by atoms with Crippen molar-refractivity contribution in [1.82, 2.24) is 4.90 Å². The fraction of sp³-hybridized carbons (Fsp3) is 0.310. The number of carbonyl (C=O) groups is 2. The van der Waals surface area contributed by atoms with Crippen LogP contribution in [0.15, 0.2) is 77.7 Å². The Balaban J connectivity index is 1.67. The van der Waals surface area contributed by atoms with Crippen LogP contribution in [0, 0.1) is 0 Å². The highest BCUT2D eigenvalue weighted by atomic mass is 35.5. The zero-order valence-corrected chi connectivity index (χ0v) is 22.8. The molecule has 3 aromatic carbocycles. The summed E-state index contributed by atoms with van der Waals surface area (Å²) in [6.45, 7) is 6.16. The van der Waals surface area contributed by atoms with Gasteiger partial charge >= 0.3 is 5.97 Å². The topological polar surface area (TPSA) is 59.1 Å². The molecule has 1 aliphatic heterocycles. The number of nitrogens with zero attached hydrogens (tertiary/aromatic N) is 2. The molecule has 194 valence electrons. The number of methoxy groups -OCH3 is 1. The summed E-state index contributed by atoms with van der Waals surface area (Å²) in [5, 5.41) is 0.133. The third kappa shape index (κ3) is 6.66. The molecule has 0 saturated carbocycles. The van der Waals surface area contributed by atoms with Crippen LogP contribution < -0.4 is 9.64 Å². The minimum absolute atomic E-state index is 0.250. The molecule has 0 saturated heterocycles. The van der Waals surface area contributed by atoms with Crippen molar-refractivity contribution < 1.29 is 19.1 Å². The van der Waals surface area contributed by atoms with Crippen LogP contribution in [-0.2, 0) is 20.9 Å². The lowest BCUT2D eigenvalue weighted by Gasteiger charge is -2.30. The number of likely N-dealkylation sites (N-methyl/N-ethyl adjacent to an activating group) is 1. The lowest BCUT2D eigenvalue weighted by atomic mass is 10.1. The number of anilines is 1. The standard InChI is InChI=1S/C29H31ClN2O4S/c1-4-31(19-21-8-6-5-7-9-21)16-17-32-25-15-12-23(30)18-26(25)37-28(27(29(32)34)36-20(2)33)22-10-13-24(35-3)14-11-22/h5-15,18,27-28H,4,16-17,19H2,1-3H3. The van der Waals surface area contributed by atoms with Gasteiger partial charge in [-0.05, 0) is 48.0 Å². The Hall–Kier alpha value is -3.00. The fourth-order valence-corrected chi connectivity index (χ4v) is 5.99. The fourth-order valence-electron chi connectivity index (χ4n) is 4.40. The van der Waals surface area contributed by atoms with Crippen LogP contribution in [0.25, 0.3) is 0 Å². The van der Waals surface area contributed by atoms with Gasteiger partial charge in [0.1, 0.15) is 5.75 Å². The molecule has 0 N–H and O–H groups in total. The van der Waals surface area contributed by atoms with Gasteiger partial charge in [-0.3, -0.25) is 14.5 Å². The van der Waals surface area contributed by atoms with Crippen molar-refractivity contribution >= 4 is 40.9 Å². The molecule has 1 amide bonds. The number of rotatable bonds is 9. The Morgan fingerprint density at radius 2 is 1.81 bits per heavy atom. The number of esters is 1. The first-order chi connectivity index (χ1) is 17.9. The van der Waals surface area contributed by atoms with Crippen LogP contribution in [0.3, 0.4) is 0 Å². The molecule has 0 spiro atoms. The van der Waals surface area contributed by atoms with Gasteiger partial charge in [0.05, 0.1) is 18.0 Å². The van der Waals surface area contributed by atoms with E-state index in [9.17, 15) is 9.59 Å². The monoisotopic (exact) mass is 538 g/mol. The van der Waals surface area contributed by atoms with Gasteiger partial charge in [-0.25, -0.2) is 0 Å². The number of hydrogen-bond acceptors (Lipinski definition) is 6. The van der Waals surface area contributed by atoms with E-state index in [0.717, 1.165) is 29.2 Å². The molecule has 0 radical (unpaired) electrons. The molecule has 2 atom stereocenters. The Morgan fingerprint density at radius 3 is 2.46 bits per heavy atom. The molecule has 1 heterocycles. The van der Waals surface area contributed by atoms with E-state index in [4.69, 9.17) is 21.1 Å². The maximum atomic E-state index is 14.1. The van der Waals surface area contributed by atoms with E-state index in [0.29, 0.717) is 23.9 Å². The van der Waals surface area contributed by atoms with Gasteiger partial charge < -0.3 is 14.4 Å². The summed E-state index contributed by atoms with van der Waals surface area (Å²) in [6.07, 6.45) is -0.994. The third-order valence-corrected chi connectivity index (χ3v) is 7.91. The summed E-state index contributed by atoms with van der Waals surface area (Å²) in [6, 6.07) is 23.3. The molecule has 4 rings (SSSR count). The number of thioether (sulfide) groups is 1. The van der Waals surface area contributed by atoms with Gasteiger partial charge in [0.25, 0.3) is 5.91 Å². The summed E-state index contributed by atoms with van der Waals surface area (Å²) in [5.41, 5.74) is 2.84. The minimum Gasteiger partial charge on any atom is -0.497 e. The number of ether oxygens (including phenoxy) is 2. The first-order valence-electron chi connectivity index (χ1n) is 12.2. The molecule has 37 heavy (non-hydrogen) atoms. The van der Waals surface area contributed by atoms with Gasteiger partial charge in [0.2, 0.25) is 0 Å². The second-order valence-electron chi connectivity index (χ2n) is 8.80. The van der Waals surface area contributed by atoms with Crippen molar-refractivity contribution in [3.8, 4) is 5.75 Å². The third-order valence-electron chi connectivity index (χ3n) is 6.32. The van der Waals surface area contributed by atoms with Crippen molar-refractivity contribution in [1.29, 1.82) is 0 Å².